The van der Waals surface area contributed by atoms with Crippen LogP contribution < -0.4 is 0 Å². The normalized spacial score (nSPS) is 16.1. The molecule has 0 unspecified atom stereocenters. The van der Waals surface area contributed by atoms with Crippen molar-refractivity contribution in [2.75, 3.05) is 13.1 Å². The van der Waals surface area contributed by atoms with E-state index in [1.807, 2.05) is 29.8 Å². The monoisotopic (exact) mass is 260 g/mol. The van der Waals surface area contributed by atoms with Crippen LogP contribution in [-0.2, 0) is 4.79 Å². The Labute approximate surface area is 108 Å². The molecule has 2 aromatic heterocycles. The minimum absolute atomic E-state index is 0.0553. The van der Waals surface area contributed by atoms with Crippen LogP contribution in [0.5, 0.6) is 0 Å². The van der Waals surface area contributed by atoms with E-state index in [0.717, 1.165) is 4.88 Å². The molecule has 1 aliphatic heterocycles. The maximum Gasteiger partial charge on any atom is 0.246 e. The van der Waals surface area contributed by atoms with Gasteiger partial charge in [-0.05, 0) is 17.5 Å². The van der Waals surface area contributed by atoms with Crippen LogP contribution in [0.3, 0.4) is 0 Å². The van der Waals surface area contributed by atoms with Gasteiger partial charge >= 0.3 is 0 Å². The fourth-order valence-electron chi connectivity index (χ4n) is 1.86. The van der Waals surface area contributed by atoms with Gasteiger partial charge in [0.15, 0.2) is 0 Å². The van der Waals surface area contributed by atoms with Gasteiger partial charge in [0.1, 0.15) is 0 Å². The largest absolute Gasteiger partial charge is 0.335 e. The third kappa shape index (κ3) is 2.19. The third-order valence-corrected chi connectivity index (χ3v) is 3.76. The van der Waals surface area contributed by atoms with Crippen LogP contribution in [-0.4, -0.2) is 38.9 Å². The van der Waals surface area contributed by atoms with Crippen LogP contribution in [0.25, 0.3) is 6.08 Å². The van der Waals surface area contributed by atoms with Gasteiger partial charge in [0.05, 0.1) is 12.2 Å². The quantitative estimate of drug-likeness (QED) is 0.785. The summed E-state index contributed by atoms with van der Waals surface area (Å²) in [6, 6.07) is 4.23. The summed E-state index contributed by atoms with van der Waals surface area (Å²) in [4.78, 5) is 14.7. The average Bonchev–Trinajstić information content (AvgIpc) is 2.97. The van der Waals surface area contributed by atoms with Gasteiger partial charge in [-0.1, -0.05) is 11.3 Å². The molecule has 1 amide bonds. The number of hydrogen-bond donors (Lipinski definition) is 0. The lowest BCUT2D eigenvalue weighted by atomic mass is 10.1. The molecule has 0 saturated carbocycles. The molecule has 0 bridgehead atoms. The summed E-state index contributed by atoms with van der Waals surface area (Å²) in [5.74, 6) is 0.0553. The molecule has 0 atom stereocenters. The topological polar surface area (TPSA) is 51.0 Å². The highest BCUT2D eigenvalue weighted by molar-refractivity contribution is 7.10. The number of carbonyl (C=O) groups excluding carboxylic acids is 1. The highest BCUT2D eigenvalue weighted by atomic mass is 32.1. The average molecular weight is 260 g/mol. The smallest absolute Gasteiger partial charge is 0.246 e. The first-order chi connectivity index (χ1) is 8.83. The SMILES string of the molecule is O=C(/C=C/c1cccs1)N1CC(n2ccnn2)C1. The predicted octanol–water partition coefficient (Wildman–Crippen LogP) is 1.44. The molecule has 0 aromatic carbocycles. The second-order valence-electron chi connectivity index (χ2n) is 4.13. The second-order valence-corrected chi connectivity index (χ2v) is 5.11. The van der Waals surface area contributed by atoms with E-state index in [4.69, 9.17) is 0 Å². The molecule has 1 fully saturated rings. The molecular formula is C12H12N4OS. The Morgan fingerprint density at radius 3 is 3.06 bits per heavy atom. The molecule has 0 N–H and O–H groups in total. The van der Waals surface area contributed by atoms with Crippen molar-refractivity contribution in [2.45, 2.75) is 6.04 Å². The molecular weight excluding hydrogens is 248 g/mol. The van der Waals surface area contributed by atoms with Gasteiger partial charge < -0.3 is 4.90 Å². The van der Waals surface area contributed by atoms with Gasteiger partial charge in [0.25, 0.3) is 0 Å². The first kappa shape index (κ1) is 11.2. The lowest BCUT2D eigenvalue weighted by molar-refractivity contribution is -0.131. The van der Waals surface area contributed by atoms with Crippen LogP contribution in [0.4, 0.5) is 0 Å². The Morgan fingerprint density at radius 2 is 2.39 bits per heavy atom. The van der Waals surface area contributed by atoms with Crippen molar-refractivity contribution >= 4 is 23.3 Å². The van der Waals surface area contributed by atoms with E-state index in [0.29, 0.717) is 13.1 Å². The van der Waals surface area contributed by atoms with Crippen molar-refractivity contribution in [3.63, 3.8) is 0 Å². The molecule has 5 nitrogen and oxygen atoms in total. The lowest BCUT2D eigenvalue weighted by Crippen LogP contribution is -2.50. The van der Waals surface area contributed by atoms with Crippen molar-refractivity contribution in [1.29, 1.82) is 0 Å². The molecule has 92 valence electrons. The number of nitrogens with zero attached hydrogens (tertiary/aromatic N) is 4. The van der Waals surface area contributed by atoms with Gasteiger partial charge in [0.2, 0.25) is 5.91 Å². The van der Waals surface area contributed by atoms with Crippen molar-refractivity contribution in [3.05, 3.63) is 40.9 Å². The lowest BCUT2D eigenvalue weighted by Gasteiger charge is -2.38. The highest BCUT2D eigenvalue weighted by Gasteiger charge is 2.31. The van der Waals surface area contributed by atoms with E-state index in [2.05, 4.69) is 10.3 Å². The van der Waals surface area contributed by atoms with Crippen LogP contribution in [0.1, 0.15) is 10.9 Å². The number of carbonyl (C=O) groups is 1. The number of likely N-dealkylation sites (tertiary alicyclic amines) is 1. The number of amides is 1. The minimum atomic E-state index is 0.0553. The van der Waals surface area contributed by atoms with E-state index in [1.165, 1.54) is 0 Å². The van der Waals surface area contributed by atoms with Crippen molar-refractivity contribution in [3.8, 4) is 0 Å². The zero-order chi connectivity index (χ0) is 12.4. The van der Waals surface area contributed by atoms with Crippen LogP contribution in [0.2, 0.25) is 0 Å². The summed E-state index contributed by atoms with van der Waals surface area (Å²) in [7, 11) is 0. The maximum absolute atomic E-state index is 11.8. The standard InChI is InChI=1S/C12H12N4OS/c17-12(4-3-11-2-1-7-18-11)15-8-10(9-15)16-6-5-13-14-16/h1-7,10H,8-9H2/b4-3+. The van der Waals surface area contributed by atoms with Gasteiger partial charge in [0, 0.05) is 30.2 Å². The molecule has 0 aliphatic carbocycles. The van der Waals surface area contributed by atoms with Gasteiger partial charge in [-0.15, -0.1) is 16.4 Å². The summed E-state index contributed by atoms with van der Waals surface area (Å²) in [5, 5.41) is 9.69. The van der Waals surface area contributed by atoms with Crippen LogP contribution in [0, 0.1) is 0 Å². The Kier molecular flexibility index (Phi) is 2.93. The molecule has 0 spiro atoms. The first-order valence-corrected chi connectivity index (χ1v) is 6.57. The fourth-order valence-corrected chi connectivity index (χ4v) is 2.48. The summed E-state index contributed by atoms with van der Waals surface area (Å²) >= 11 is 1.62. The molecule has 1 aliphatic rings. The van der Waals surface area contributed by atoms with E-state index in [9.17, 15) is 4.79 Å². The number of hydrogen-bond acceptors (Lipinski definition) is 4. The number of rotatable bonds is 3. The Bertz CT molecular complexity index is 541. The number of thiophene rings is 1. The Morgan fingerprint density at radius 1 is 1.50 bits per heavy atom. The summed E-state index contributed by atoms with van der Waals surface area (Å²) in [6.07, 6.45) is 6.97. The van der Waals surface area contributed by atoms with Crippen molar-refractivity contribution < 1.29 is 4.79 Å². The molecule has 3 rings (SSSR count). The van der Waals surface area contributed by atoms with Crippen molar-refractivity contribution in [2.24, 2.45) is 0 Å². The molecule has 6 heteroatoms. The van der Waals surface area contributed by atoms with Crippen LogP contribution in [0.15, 0.2) is 36.0 Å². The fraction of sp³-hybridized carbons (Fsp3) is 0.250. The Balaban J connectivity index is 1.54. The maximum atomic E-state index is 11.8. The van der Waals surface area contributed by atoms with Gasteiger partial charge in [-0.3, -0.25) is 4.79 Å². The molecule has 1 saturated heterocycles. The molecule has 18 heavy (non-hydrogen) atoms. The third-order valence-electron chi connectivity index (χ3n) is 2.92. The molecule has 3 heterocycles. The van der Waals surface area contributed by atoms with E-state index < -0.39 is 0 Å². The van der Waals surface area contributed by atoms with E-state index >= 15 is 0 Å². The summed E-state index contributed by atoms with van der Waals surface area (Å²) < 4.78 is 1.80. The number of aromatic nitrogens is 3. The molecule has 2 aromatic rings. The van der Waals surface area contributed by atoms with Gasteiger partial charge in [-0.2, -0.15) is 0 Å². The highest BCUT2D eigenvalue weighted by Crippen LogP contribution is 2.20. The van der Waals surface area contributed by atoms with Crippen molar-refractivity contribution in [1.82, 2.24) is 19.9 Å². The first-order valence-electron chi connectivity index (χ1n) is 5.69. The van der Waals surface area contributed by atoms with Crippen LogP contribution >= 0.6 is 11.3 Å². The van der Waals surface area contributed by atoms with Gasteiger partial charge in [-0.25, -0.2) is 4.68 Å². The minimum Gasteiger partial charge on any atom is -0.335 e. The zero-order valence-electron chi connectivity index (χ0n) is 9.64. The summed E-state index contributed by atoms with van der Waals surface area (Å²) in [5.41, 5.74) is 0. The Hall–Kier alpha value is -1.95. The summed E-state index contributed by atoms with van der Waals surface area (Å²) in [6.45, 7) is 1.41. The van der Waals surface area contributed by atoms with E-state index in [-0.39, 0.29) is 11.9 Å². The zero-order valence-corrected chi connectivity index (χ0v) is 10.5. The molecule has 0 radical (unpaired) electrons. The second kappa shape index (κ2) is 4.73. The predicted molar refractivity (Wildman–Crippen MR) is 69.0 cm³/mol. The van der Waals surface area contributed by atoms with E-state index in [1.54, 1.807) is 33.2 Å².